The van der Waals surface area contributed by atoms with Crippen molar-refractivity contribution in [3.8, 4) is 0 Å². The van der Waals surface area contributed by atoms with Crippen LogP contribution in [-0.4, -0.2) is 29.1 Å². The van der Waals surface area contributed by atoms with Gasteiger partial charge in [-0.25, -0.2) is 4.98 Å². The molecule has 0 bridgehead atoms. The average molecular weight is 380 g/mol. The number of rotatable bonds is 5. The van der Waals surface area contributed by atoms with Crippen molar-refractivity contribution in [1.82, 2.24) is 9.97 Å². The molecule has 6 heteroatoms. The molecule has 6 nitrogen and oxygen atoms in total. The maximum absolute atomic E-state index is 6.25. The Morgan fingerprint density at radius 3 is 2.93 bits per heavy atom. The van der Waals surface area contributed by atoms with Crippen LogP contribution in [0.4, 0.5) is 11.4 Å². The highest BCUT2D eigenvalue weighted by Gasteiger charge is 2.24. The summed E-state index contributed by atoms with van der Waals surface area (Å²) in [5.74, 6) is 0.969. The molecule has 1 aliphatic rings. The summed E-state index contributed by atoms with van der Waals surface area (Å²) in [6, 6.07) is 6.29. The summed E-state index contributed by atoms with van der Waals surface area (Å²) in [5, 5.41) is 3.52. The summed E-state index contributed by atoms with van der Waals surface area (Å²) in [7, 11) is 0. The third-order valence-electron chi connectivity index (χ3n) is 5.41. The molecule has 0 spiro atoms. The Morgan fingerprint density at radius 1 is 1.29 bits per heavy atom. The highest BCUT2D eigenvalue weighted by molar-refractivity contribution is 5.77. The van der Waals surface area contributed by atoms with Crippen LogP contribution in [0, 0.1) is 5.92 Å². The van der Waals surface area contributed by atoms with Gasteiger partial charge in [-0.1, -0.05) is 20.8 Å². The first kappa shape index (κ1) is 18.7. The van der Waals surface area contributed by atoms with Gasteiger partial charge in [0.15, 0.2) is 5.58 Å². The zero-order valence-corrected chi connectivity index (χ0v) is 16.9. The number of pyridine rings is 2. The number of hydrogen-bond donors (Lipinski definition) is 2. The fourth-order valence-electron chi connectivity index (χ4n) is 4.06. The Kier molecular flexibility index (Phi) is 5.22. The molecule has 4 heterocycles. The number of anilines is 2. The number of nitrogens with one attached hydrogen (secondary N) is 1. The average Bonchev–Trinajstić information content (AvgIpc) is 3.09. The summed E-state index contributed by atoms with van der Waals surface area (Å²) >= 11 is 0. The molecule has 0 amide bonds. The lowest BCUT2D eigenvalue weighted by atomic mass is 9.96. The number of aromatic nitrogens is 2. The summed E-state index contributed by atoms with van der Waals surface area (Å²) < 4.78 is 5.64. The smallest absolute Gasteiger partial charge is 0.152 e. The van der Waals surface area contributed by atoms with Crippen LogP contribution in [0.1, 0.15) is 44.4 Å². The van der Waals surface area contributed by atoms with E-state index < -0.39 is 0 Å². The van der Waals surface area contributed by atoms with Gasteiger partial charge < -0.3 is 20.4 Å². The number of furan rings is 1. The maximum Gasteiger partial charge on any atom is 0.152 e. The number of nitrogens with zero attached hydrogens (tertiary/aromatic N) is 3. The molecule has 3 aromatic rings. The van der Waals surface area contributed by atoms with Gasteiger partial charge in [0.2, 0.25) is 0 Å². The third-order valence-corrected chi connectivity index (χ3v) is 5.41. The van der Waals surface area contributed by atoms with Gasteiger partial charge in [0.05, 0.1) is 36.1 Å². The van der Waals surface area contributed by atoms with Gasteiger partial charge in [-0.05, 0) is 36.5 Å². The fraction of sp³-hybridized carbons (Fsp3) is 0.455. The van der Waals surface area contributed by atoms with Gasteiger partial charge in [-0.2, -0.15) is 0 Å². The number of fused-ring (bicyclic) bond motifs is 1. The van der Waals surface area contributed by atoms with Crippen molar-refractivity contribution in [2.75, 3.05) is 23.3 Å². The second-order valence-electron chi connectivity index (χ2n) is 8.25. The molecule has 0 aliphatic carbocycles. The van der Waals surface area contributed by atoms with Crippen molar-refractivity contribution >= 4 is 22.5 Å². The molecule has 1 fully saturated rings. The molecule has 28 heavy (non-hydrogen) atoms. The number of hydrogen-bond acceptors (Lipinski definition) is 6. The molecule has 2 unspecified atom stereocenters. The van der Waals surface area contributed by atoms with Crippen LogP contribution in [0.5, 0.6) is 0 Å². The van der Waals surface area contributed by atoms with E-state index in [0.29, 0.717) is 18.4 Å². The predicted molar refractivity (Wildman–Crippen MR) is 114 cm³/mol. The number of nitrogens with two attached hydrogens (primary N) is 1. The molecule has 3 aromatic heterocycles. The van der Waals surface area contributed by atoms with E-state index in [1.54, 1.807) is 0 Å². The van der Waals surface area contributed by atoms with Gasteiger partial charge in [-0.3, -0.25) is 4.98 Å². The summed E-state index contributed by atoms with van der Waals surface area (Å²) in [6.45, 7) is 9.10. The molecule has 1 saturated heterocycles. The minimum atomic E-state index is 0.212. The Morgan fingerprint density at radius 2 is 2.14 bits per heavy atom. The second-order valence-corrected chi connectivity index (χ2v) is 8.25. The highest BCUT2D eigenvalue weighted by atomic mass is 16.3. The molecule has 4 rings (SSSR count). The monoisotopic (exact) mass is 379 g/mol. The van der Waals surface area contributed by atoms with Gasteiger partial charge in [0, 0.05) is 30.9 Å². The van der Waals surface area contributed by atoms with E-state index in [1.807, 2.05) is 30.8 Å². The van der Waals surface area contributed by atoms with E-state index in [9.17, 15) is 0 Å². The summed E-state index contributed by atoms with van der Waals surface area (Å²) in [4.78, 5) is 11.5. The van der Waals surface area contributed by atoms with Gasteiger partial charge in [-0.15, -0.1) is 0 Å². The third kappa shape index (κ3) is 3.83. The van der Waals surface area contributed by atoms with Crippen molar-refractivity contribution in [3.63, 3.8) is 0 Å². The van der Waals surface area contributed by atoms with Gasteiger partial charge in [0.25, 0.3) is 0 Å². The van der Waals surface area contributed by atoms with E-state index in [1.165, 1.54) is 0 Å². The van der Waals surface area contributed by atoms with Crippen LogP contribution in [0.2, 0.25) is 0 Å². The molecular weight excluding hydrogens is 350 g/mol. The summed E-state index contributed by atoms with van der Waals surface area (Å²) in [6.07, 6.45) is 6.63. The first-order chi connectivity index (χ1) is 13.5. The lowest BCUT2D eigenvalue weighted by molar-refractivity contribution is 0.402. The Bertz CT molecular complexity index is 941. The molecule has 0 radical (unpaired) electrons. The Labute approximate surface area is 166 Å². The molecule has 0 aromatic carbocycles. The van der Waals surface area contributed by atoms with Gasteiger partial charge >= 0.3 is 0 Å². The first-order valence-electron chi connectivity index (χ1n) is 10.1. The molecular formula is C22H29N5O. The highest BCUT2D eigenvalue weighted by Crippen LogP contribution is 2.30. The fourth-order valence-corrected chi connectivity index (χ4v) is 4.06. The summed E-state index contributed by atoms with van der Waals surface area (Å²) in [5.41, 5.74) is 12.3. The van der Waals surface area contributed by atoms with E-state index >= 15 is 0 Å². The standard InChI is InChI=1S/C22H29N5O/c1-14(2)18-13-28-21-5-4-17(26-22(18)21)9-25-19-10-24-7-6-20(19)27-11-15(3)8-16(23)12-27/h4-7,10,13-16,25H,8-9,11-12,23H2,1-3H3. The lowest BCUT2D eigenvalue weighted by Gasteiger charge is -2.37. The van der Waals surface area contributed by atoms with E-state index in [4.69, 9.17) is 15.1 Å². The second kappa shape index (κ2) is 7.80. The normalized spacial score (nSPS) is 20.1. The molecule has 0 saturated carbocycles. The van der Waals surface area contributed by atoms with Gasteiger partial charge in [0.1, 0.15) is 5.52 Å². The van der Waals surface area contributed by atoms with Crippen LogP contribution >= 0.6 is 0 Å². The first-order valence-corrected chi connectivity index (χ1v) is 10.1. The lowest BCUT2D eigenvalue weighted by Crippen LogP contribution is -2.46. The van der Waals surface area contributed by atoms with Crippen molar-refractivity contribution < 1.29 is 4.42 Å². The van der Waals surface area contributed by atoms with Crippen molar-refractivity contribution in [1.29, 1.82) is 0 Å². The van der Waals surface area contributed by atoms with Crippen LogP contribution in [0.25, 0.3) is 11.1 Å². The van der Waals surface area contributed by atoms with Crippen molar-refractivity contribution in [2.45, 2.75) is 45.7 Å². The topological polar surface area (TPSA) is 80.2 Å². The molecule has 1 aliphatic heterocycles. The van der Waals surface area contributed by atoms with Crippen LogP contribution < -0.4 is 16.0 Å². The Hall–Kier alpha value is -2.60. The maximum atomic E-state index is 6.25. The van der Waals surface area contributed by atoms with Crippen molar-refractivity contribution in [3.05, 3.63) is 48.1 Å². The minimum absolute atomic E-state index is 0.212. The molecule has 2 atom stereocenters. The minimum Gasteiger partial charge on any atom is -0.462 e. The van der Waals surface area contributed by atoms with E-state index in [-0.39, 0.29) is 6.04 Å². The van der Waals surface area contributed by atoms with Crippen LogP contribution in [0.3, 0.4) is 0 Å². The molecule has 148 valence electrons. The zero-order valence-electron chi connectivity index (χ0n) is 16.9. The molecule has 3 N–H and O–H groups in total. The predicted octanol–water partition coefficient (Wildman–Crippen LogP) is 4.13. The quantitative estimate of drug-likeness (QED) is 0.694. The SMILES string of the molecule is CC1CC(N)CN(c2ccncc2NCc2ccc3occ(C(C)C)c3n2)C1. The zero-order chi connectivity index (χ0) is 19.7. The largest absolute Gasteiger partial charge is 0.462 e. The van der Waals surface area contributed by atoms with E-state index in [0.717, 1.165) is 53.2 Å². The van der Waals surface area contributed by atoms with Crippen LogP contribution in [-0.2, 0) is 6.54 Å². The Balaban J connectivity index is 1.54. The van der Waals surface area contributed by atoms with E-state index in [2.05, 4.69) is 42.0 Å². The van der Waals surface area contributed by atoms with Crippen LogP contribution in [0.15, 0.2) is 41.3 Å². The number of piperidine rings is 1. The van der Waals surface area contributed by atoms with Crippen molar-refractivity contribution in [2.24, 2.45) is 11.7 Å².